The molecule has 0 heterocycles. The quantitative estimate of drug-likeness (QED) is 0.344. The molecule has 1 rings (SSSR count). The van der Waals surface area contributed by atoms with Crippen molar-refractivity contribution in [3.8, 4) is 0 Å². The smallest absolute Gasteiger partial charge is 0.480 e. The Morgan fingerprint density at radius 2 is 1.67 bits per heavy atom. The number of para-hydroxylation sites is 1. The summed E-state index contributed by atoms with van der Waals surface area (Å²) in [6, 6.07) is 7.03. The Morgan fingerprint density at radius 1 is 1.14 bits per heavy atom. The van der Waals surface area contributed by atoms with Gasteiger partial charge in [0.25, 0.3) is 0 Å². The van der Waals surface area contributed by atoms with E-state index in [2.05, 4.69) is 0 Å². The van der Waals surface area contributed by atoms with Crippen molar-refractivity contribution < 1.29 is 24.5 Å². The fourth-order valence-electron chi connectivity index (χ4n) is 1.38. The lowest BCUT2D eigenvalue weighted by atomic mass is 10.2. The highest BCUT2D eigenvalue weighted by Crippen LogP contribution is 2.17. The molecule has 11 heteroatoms. The predicted molar refractivity (Wildman–Crippen MR) is 67.4 cm³/mol. The summed E-state index contributed by atoms with van der Waals surface area (Å²) in [6.07, 6.45) is 0. The van der Waals surface area contributed by atoms with Crippen LogP contribution in [-0.2, 0) is 9.59 Å². The van der Waals surface area contributed by atoms with E-state index in [4.69, 9.17) is 5.11 Å². The average Bonchev–Trinajstić information content (AvgIpc) is 2.42. The van der Waals surface area contributed by atoms with Gasteiger partial charge in [0, 0.05) is 5.69 Å². The molecule has 0 atom stereocenters. The van der Waals surface area contributed by atoms with Gasteiger partial charge in [-0.05, 0) is 12.1 Å². The number of nitro groups is 2. The topological polar surface area (TPSA) is 165 Å². The van der Waals surface area contributed by atoms with Crippen LogP contribution in [0.1, 0.15) is 0 Å². The van der Waals surface area contributed by atoms with E-state index in [1.54, 1.807) is 11.4 Å². The Balaban J connectivity index is 3.16. The van der Waals surface area contributed by atoms with Crippen LogP contribution in [0.4, 0.5) is 5.69 Å². The van der Waals surface area contributed by atoms with Crippen LogP contribution in [0, 0.1) is 20.2 Å². The van der Waals surface area contributed by atoms with Crippen molar-refractivity contribution in [2.24, 2.45) is 0 Å². The van der Waals surface area contributed by atoms with Crippen LogP contribution in [0.5, 0.6) is 0 Å². The molecule has 0 aliphatic rings. The molecule has 1 amide bonds. The number of rotatable bonds is 7. The molecule has 0 aliphatic carbocycles. The maximum atomic E-state index is 11.7. The second kappa shape index (κ2) is 6.27. The highest BCUT2D eigenvalue weighted by Gasteiger charge is 2.65. The zero-order chi connectivity index (χ0) is 16.0. The minimum Gasteiger partial charge on any atom is -0.480 e. The summed E-state index contributed by atoms with van der Waals surface area (Å²) >= 11 is 0. The van der Waals surface area contributed by atoms with Gasteiger partial charge in [0.1, 0.15) is 16.4 Å². The van der Waals surface area contributed by atoms with Crippen molar-refractivity contribution in [1.29, 1.82) is 0 Å². The first-order valence-corrected chi connectivity index (χ1v) is 5.43. The number of nitrogens with zero attached hydrogens (tertiary/aromatic N) is 2. The third-order valence-corrected chi connectivity index (χ3v) is 2.34. The number of hydrogen-bond acceptors (Lipinski definition) is 7. The molecular weight excluding hydrogens is 288 g/mol. The van der Waals surface area contributed by atoms with Crippen molar-refractivity contribution in [2.45, 2.75) is 5.79 Å². The molecule has 0 aromatic heterocycles. The van der Waals surface area contributed by atoms with Gasteiger partial charge in [-0.25, -0.2) is 5.32 Å². The number of aliphatic carboxylic acids is 1. The van der Waals surface area contributed by atoms with Crippen molar-refractivity contribution in [2.75, 3.05) is 11.9 Å². The Hall–Kier alpha value is -3.24. The molecule has 0 spiro atoms. The fraction of sp³-hybridized carbons (Fsp3) is 0.200. The summed E-state index contributed by atoms with van der Waals surface area (Å²) in [5.74, 6) is -6.61. The minimum absolute atomic E-state index is 0.0450. The van der Waals surface area contributed by atoms with E-state index in [1.165, 1.54) is 24.3 Å². The molecule has 0 unspecified atom stereocenters. The molecule has 3 N–H and O–H groups in total. The van der Waals surface area contributed by atoms with Gasteiger partial charge in [0.05, 0.1) is 0 Å². The molecule has 0 fully saturated rings. The number of amides is 1. The lowest BCUT2D eigenvalue weighted by molar-refractivity contribution is -0.767. The van der Waals surface area contributed by atoms with E-state index in [0.717, 1.165) is 0 Å². The van der Waals surface area contributed by atoms with Crippen LogP contribution >= 0.6 is 0 Å². The second-order valence-corrected chi connectivity index (χ2v) is 3.75. The molecule has 0 saturated heterocycles. The summed E-state index contributed by atoms with van der Waals surface area (Å²) in [7, 11) is 0. The van der Waals surface area contributed by atoms with Crippen molar-refractivity contribution in [1.82, 2.24) is 5.32 Å². The normalized spacial score (nSPS) is 10.5. The van der Waals surface area contributed by atoms with Gasteiger partial charge in [0.15, 0.2) is 0 Å². The van der Waals surface area contributed by atoms with Crippen LogP contribution in [0.3, 0.4) is 0 Å². The number of carboxylic acids is 1. The zero-order valence-corrected chi connectivity index (χ0v) is 10.4. The van der Waals surface area contributed by atoms with E-state index in [9.17, 15) is 29.8 Å². The molecule has 0 aliphatic heterocycles. The van der Waals surface area contributed by atoms with E-state index < -0.39 is 34.1 Å². The standard InChI is InChI=1S/C10H10N4O7/c15-8(16)6-11-9(17)10(13(18)19,14(20)21)12-7-4-2-1-3-5-7/h1-5,12H,6H2,(H,11,17)(H,15,16). The summed E-state index contributed by atoms with van der Waals surface area (Å²) in [6.45, 7) is -0.987. The fourth-order valence-corrected chi connectivity index (χ4v) is 1.38. The number of nitrogens with one attached hydrogen (secondary N) is 2. The van der Waals surface area contributed by atoms with Crippen molar-refractivity contribution >= 4 is 17.6 Å². The molecule has 0 radical (unpaired) electrons. The van der Waals surface area contributed by atoms with Crippen LogP contribution in [0.15, 0.2) is 30.3 Å². The van der Waals surface area contributed by atoms with Crippen molar-refractivity contribution in [3.05, 3.63) is 50.6 Å². The van der Waals surface area contributed by atoms with E-state index in [0.29, 0.717) is 0 Å². The number of carbonyl (C=O) groups is 2. The van der Waals surface area contributed by atoms with Crippen LogP contribution in [0.25, 0.3) is 0 Å². The van der Waals surface area contributed by atoms with Gasteiger partial charge < -0.3 is 10.4 Å². The van der Waals surface area contributed by atoms with Gasteiger partial charge in [-0.2, -0.15) is 0 Å². The highest BCUT2D eigenvalue weighted by atomic mass is 16.7. The number of hydrogen-bond donors (Lipinski definition) is 3. The van der Waals surface area contributed by atoms with E-state index in [-0.39, 0.29) is 5.69 Å². The maximum Gasteiger partial charge on any atom is 0.621 e. The predicted octanol–water partition coefficient (Wildman–Crippen LogP) is -0.493. The lowest BCUT2D eigenvalue weighted by Gasteiger charge is -2.17. The highest BCUT2D eigenvalue weighted by molar-refractivity contribution is 5.88. The summed E-state index contributed by atoms with van der Waals surface area (Å²) in [4.78, 5) is 41.3. The molecular formula is C10H10N4O7. The molecule has 0 saturated carbocycles. The second-order valence-electron chi connectivity index (χ2n) is 3.75. The first kappa shape index (κ1) is 15.8. The third-order valence-electron chi connectivity index (χ3n) is 2.34. The number of anilines is 1. The summed E-state index contributed by atoms with van der Waals surface area (Å²) < 4.78 is 0. The number of carboxylic acid groups (broad SMARTS) is 1. The molecule has 0 bridgehead atoms. The lowest BCUT2D eigenvalue weighted by Crippen LogP contribution is -2.63. The maximum absolute atomic E-state index is 11.7. The monoisotopic (exact) mass is 298 g/mol. The van der Waals surface area contributed by atoms with E-state index in [1.807, 2.05) is 5.32 Å². The zero-order valence-electron chi connectivity index (χ0n) is 10.4. The Morgan fingerprint density at radius 3 is 2.10 bits per heavy atom. The SMILES string of the molecule is O=C(O)CNC(=O)C(Nc1ccccc1)([N+](=O)[O-])[N+](=O)[O-]. The Kier molecular flexibility index (Phi) is 4.72. The number of carbonyl (C=O) groups excluding carboxylic acids is 1. The van der Waals surface area contributed by atoms with Gasteiger partial charge in [-0.3, -0.25) is 29.8 Å². The summed E-state index contributed by atoms with van der Waals surface area (Å²) in [5.41, 5.74) is -0.0450. The van der Waals surface area contributed by atoms with Gasteiger partial charge in [0.2, 0.25) is 0 Å². The molecule has 11 nitrogen and oxygen atoms in total. The van der Waals surface area contributed by atoms with Crippen molar-refractivity contribution in [3.63, 3.8) is 0 Å². The first-order valence-electron chi connectivity index (χ1n) is 5.43. The van der Waals surface area contributed by atoms with Gasteiger partial charge in [-0.15, -0.1) is 0 Å². The first-order chi connectivity index (χ1) is 9.80. The Labute approximate surface area is 116 Å². The van der Waals surface area contributed by atoms with Crippen LogP contribution < -0.4 is 10.6 Å². The van der Waals surface area contributed by atoms with Crippen LogP contribution in [0.2, 0.25) is 0 Å². The largest absolute Gasteiger partial charge is 0.621 e. The molecule has 1 aromatic carbocycles. The van der Waals surface area contributed by atoms with Gasteiger partial charge >= 0.3 is 17.7 Å². The third kappa shape index (κ3) is 3.40. The average molecular weight is 298 g/mol. The molecule has 112 valence electrons. The summed E-state index contributed by atoms with van der Waals surface area (Å²) in [5, 5.41) is 34.0. The van der Waals surface area contributed by atoms with E-state index >= 15 is 0 Å². The van der Waals surface area contributed by atoms with Crippen LogP contribution in [-0.4, -0.2) is 39.2 Å². The molecule has 1 aromatic rings. The minimum atomic E-state index is -3.42. The van der Waals surface area contributed by atoms with Gasteiger partial charge in [-0.1, -0.05) is 18.2 Å². The molecule has 21 heavy (non-hydrogen) atoms. The number of benzene rings is 1. The Bertz CT molecular complexity index is 560.